The summed E-state index contributed by atoms with van der Waals surface area (Å²) >= 11 is 0. The molecule has 180 valence electrons. The minimum atomic E-state index is 0.0703. The van der Waals surface area contributed by atoms with Crippen molar-refractivity contribution in [3.05, 3.63) is 35.9 Å². The second-order valence-corrected chi connectivity index (χ2v) is 11.2. The molecule has 3 bridgehead atoms. The third kappa shape index (κ3) is 4.00. The van der Waals surface area contributed by atoms with Gasteiger partial charge < -0.3 is 10.2 Å². The molecule has 0 aromatic heterocycles. The zero-order valence-corrected chi connectivity index (χ0v) is 20.5. The Balaban J connectivity index is 0.00000111. The largest absolute Gasteiger partial charge is 0.347 e. The molecule has 1 aliphatic heterocycles. The van der Waals surface area contributed by atoms with Crippen LogP contribution in [0.3, 0.4) is 0 Å². The molecule has 5 atom stereocenters. The number of amides is 2. The Hall–Kier alpha value is -1.88. The van der Waals surface area contributed by atoms with Crippen LogP contribution in [0.1, 0.15) is 64.4 Å². The van der Waals surface area contributed by atoms with Gasteiger partial charge in [0.15, 0.2) is 0 Å². The van der Waals surface area contributed by atoms with E-state index in [-0.39, 0.29) is 23.8 Å². The summed E-state index contributed by atoms with van der Waals surface area (Å²) in [5.74, 6) is 2.89. The van der Waals surface area contributed by atoms with Crippen LogP contribution in [0.4, 0.5) is 0 Å². The molecule has 4 saturated carbocycles. The summed E-state index contributed by atoms with van der Waals surface area (Å²) in [4.78, 5) is 29.9. The van der Waals surface area contributed by atoms with E-state index in [1.54, 1.807) is 0 Å². The summed E-state index contributed by atoms with van der Waals surface area (Å²) in [6.07, 6.45) is 8.80. The fourth-order valence-electron chi connectivity index (χ4n) is 8.55. The molecular weight excluding hydrogens is 410 g/mol. The van der Waals surface area contributed by atoms with E-state index in [0.717, 1.165) is 50.5 Å². The third-order valence-corrected chi connectivity index (χ3v) is 9.65. The quantitative estimate of drug-likeness (QED) is 0.709. The Labute approximate surface area is 199 Å². The van der Waals surface area contributed by atoms with Crippen LogP contribution in [-0.4, -0.2) is 54.3 Å². The summed E-state index contributed by atoms with van der Waals surface area (Å²) in [5, 5.41) is 3.00. The van der Waals surface area contributed by atoms with Crippen molar-refractivity contribution < 1.29 is 9.59 Å². The fraction of sp³-hybridized carbons (Fsp3) is 0.714. The monoisotopic (exact) mass is 451 g/mol. The van der Waals surface area contributed by atoms with Crippen LogP contribution in [0, 0.1) is 28.6 Å². The fourth-order valence-corrected chi connectivity index (χ4v) is 8.55. The van der Waals surface area contributed by atoms with Crippen molar-refractivity contribution in [2.45, 2.75) is 65.3 Å². The minimum Gasteiger partial charge on any atom is -0.347 e. The number of benzene rings is 1. The van der Waals surface area contributed by atoms with Crippen LogP contribution in [0.15, 0.2) is 30.3 Å². The number of nitrogens with one attached hydrogen (secondary N) is 1. The number of carbonyl (C=O) groups excluding carboxylic acids is 2. The average Bonchev–Trinajstić information content (AvgIpc) is 3.15. The highest BCUT2D eigenvalue weighted by Gasteiger charge is 2.74. The zero-order valence-electron chi connectivity index (χ0n) is 20.5. The van der Waals surface area contributed by atoms with Gasteiger partial charge in [-0.25, -0.2) is 0 Å². The van der Waals surface area contributed by atoms with E-state index in [9.17, 15) is 9.59 Å². The molecule has 1 N–H and O–H groups in total. The van der Waals surface area contributed by atoms with Crippen molar-refractivity contribution in [3.8, 4) is 0 Å². The Bertz CT molecular complexity index is 859. The number of hydrogen-bond donors (Lipinski definition) is 1. The number of nitrogens with zero attached hydrogens (tertiary/aromatic N) is 2. The average molecular weight is 452 g/mol. The van der Waals surface area contributed by atoms with Crippen LogP contribution < -0.4 is 5.32 Å². The predicted molar refractivity (Wildman–Crippen MR) is 130 cm³/mol. The van der Waals surface area contributed by atoms with Gasteiger partial charge in [0.25, 0.3) is 0 Å². The Morgan fingerprint density at radius 1 is 0.939 bits per heavy atom. The van der Waals surface area contributed by atoms with Gasteiger partial charge in [0.2, 0.25) is 11.8 Å². The van der Waals surface area contributed by atoms with Crippen LogP contribution in [-0.2, 0) is 16.1 Å². The van der Waals surface area contributed by atoms with Gasteiger partial charge in [-0.05, 0) is 72.7 Å². The van der Waals surface area contributed by atoms with E-state index in [1.807, 2.05) is 24.8 Å². The molecule has 1 aromatic rings. The molecule has 6 rings (SSSR count). The highest BCUT2D eigenvalue weighted by atomic mass is 16.2. The summed E-state index contributed by atoms with van der Waals surface area (Å²) in [7, 11) is 0. The maximum atomic E-state index is 12.8. The molecule has 1 heterocycles. The summed E-state index contributed by atoms with van der Waals surface area (Å²) < 4.78 is 0. The normalized spacial score (nSPS) is 35.9. The molecule has 33 heavy (non-hydrogen) atoms. The summed E-state index contributed by atoms with van der Waals surface area (Å²) in [6, 6.07) is 10.5. The number of rotatable bonds is 6. The van der Waals surface area contributed by atoms with Gasteiger partial charge in [0.05, 0.1) is 6.54 Å². The van der Waals surface area contributed by atoms with Crippen molar-refractivity contribution in [2.24, 2.45) is 28.6 Å². The maximum absolute atomic E-state index is 12.8. The van der Waals surface area contributed by atoms with Crippen molar-refractivity contribution in [3.63, 3.8) is 0 Å². The second-order valence-electron chi connectivity index (χ2n) is 11.2. The molecule has 2 amide bonds. The van der Waals surface area contributed by atoms with E-state index in [4.69, 9.17) is 0 Å². The maximum Gasteiger partial charge on any atom is 0.242 e. The number of fused-ring (bicyclic) bond motifs is 2. The Morgan fingerprint density at radius 2 is 1.67 bits per heavy atom. The van der Waals surface area contributed by atoms with E-state index in [1.165, 1.54) is 44.1 Å². The van der Waals surface area contributed by atoms with Gasteiger partial charge in [0, 0.05) is 39.1 Å². The van der Waals surface area contributed by atoms with Gasteiger partial charge in [-0.15, -0.1) is 0 Å². The molecule has 1 saturated heterocycles. The molecule has 4 aliphatic carbocycles. The van der Waals surface area contributed by atoms with Gasteiger partial charge in [-0.3, -0.25) is 14.5 Å². The topological polar surface area (TPSA) is 52.7 Å². The van der Waals surface area contributed by atoms with Crippen molar-refractivity contribution in [2.75, 3.05) is 32.7 Å². The standard InChI is InChI=1S/C26H35N3O2.C2H6/c30-23(16-25-12-21-10-20-11-22(15-25)26(25,13-20)14-21)27-17-24(31)29-8-6-28(7-9-29)18-19-4-2-1-3-5-19;1-2/h1-5,20-22H,6-18H2,(H,27,30);1-2H3. The first-order valence-corrected chi connectivity index (χ1v) is 13.4. The van der Waals surface area contributed by atoms with E-state index in [2.05, 4.69) is 34.5 Å². The SMILES string of the molecule is CC.O=C(CC12CC3CC4CC(C1)C2(C4)C3)NCC(=O)N1CCN(Cc2ccccc2)CC1. The Kier molecular flexibility index (Phi) is 6.28. The van der Waals surface area contributed by atoms with Gasteiger partial charge in [-0.2, -0.15) is 0 Å². The molecule has 5 nitrogen and oxygen atoms in total. The van der Waals surface area contributed by atoms with E-state index in [0.29, 0.717) is 11.8 Å². The van der Waals surface area contributed by atoms with Gasteiger partial charge >= 0.3 is 0 Å². The van der Waals surface area contributed by atoms with Crippen LogP contribution in [0.5, 0.6) is 0 Å². The first-order valence-electron chi connectivity index (χ1n) is 13.4. The molecule has 1 spiro atoms. The minimum absolute atomic E-state index is 0.0703. The van der Waals surface area contributed by atoms with Crippen molar-refractivity contribution in [1.82, 2.24) is 15.1 Å². The van der Waals surface area contributed by atoms with E-state index < -0.39 is 0 Å². The molecule has 1 aromatic carbocycles. The molecule has 5 heteroatoms. The lowest BCUT2D eigenvalue weighted by Crippen LogP contribution is -2.55. The molecule has 5 aliphatic rings. The summed E-state index contributed by atoms with van der Waals surface area (Å²) in [6.45, 7) is 8.38. The third-order valence-electron chi connectivity index (χ3n) is 9.65. The lowest BCUT2D eigenvalue weighted by molar-refractivity contribution is -0.143. The van der Waals surface area contributed by atoms with Crippen LogP contribution in [0.25, 0.3) is 0 Å². The zero-order chi connectivity index (χ0) is 23.1. The molecular formula is C28H41N3O2. The first-order chi connectivity index (χ1) is 16.1. The van der Waals surface area contributed by atoms with Crippen molar-refractivity contribution >= 4 is 11.8 Å². The first kappa shape index (κ1) is 22.9. The highest BCUT2D eigenvalue weighted by molar-refractivity contribution is 5.85. The van der Waals surface area contributed by atoms with E-state index >= 15 is 0 Å². The van der Waals surface area contributed by atoms with Crippen LogP contribution >= 0.6 is 0 Å². The Morgan fingerprint density at radius 3 is 2.42 bits per heavy atom. The molecule has 0 radical (unpaired) electrons. The number of carbonyl (C=O) groups is 2. The summed E-state index contributed by atoms with van der Waals surface area (Å²) in [5.41, 5.74) is 2.08. The highest BCUT2D eigenvalue weighted by Crippen LogP contribution is 2.82. The van der Waals surface area contributed by atoms with Crippen LogP contribution in [0.2, 0.25) is 0 Å². The molecule has 5 fully saturated rings. The van der Waals surface area contributed by atoms with Gasteiger partial charge in [-0.1, -0.05) is 44.2 Å². The predicted octanol–water partition coefficient (Wildman–Crippen LogP) is 4.08. The number of piperazine rings is 1. The number of hydrogen-bond acceptors (Lipinski definition) is 3. The van der Waals surface area contributed by atoms with Crippen molar-refractivity contribution in [1.29, 1.82) is 0 Å². The lowest BCUT2D eigenvalue weighted by Gasteiger charge is -2.59. The molecule has 5 unspecified atom stereocenters. The lowest BCUT2D eigenvalue weighted by atomic mass is 9.45. The van der Waals surface area contributed by atoms with Gasteiger partial charge in [0.1, 0.15) is 0 Å². The second kappa shape index (κ2) is 9.05. The smallest absolute Gasteiger partial charge is 0.242 e.